The molecule has 1 heterocycles. The zero-order valence-corrected chi connectivity index (χ0v) is 12.2. The molecule has 0 unspecified atom stereocenters. The summed E-state index contributed by atoms with van der Waals surface area (Å²) in [5.74, 6) is -0.168. The van der Waals surface area contributed by atoms with E-state index in [4.69, 9.17) is 16.0 Å². The van der Waals surface area contributed by atoms with Gasteiger partial charge in [0, 0.05) is 24.6 Å². The summed E-state index contributed by atoms with van der Waals surface area (Å²) in [6.45, 7) is 1.84. The molecule has 6 heteroatoms. The van der Waals surface area contributed by atoms with Crippen LogP contribution < -0.4 is 10.6 Å². The molecule has 21 heavy (non-hydrogen) atoms. The quantitative estimate of drug-likeness (QED) is 0.892. The minimum Gasteiger partial charge on any atom is -0.435 e. The van der Waals surface area contributed by atoms with Crippen molar-refractivity contribution in [1.82, 2.24) is 5.32 Å². The highest BCUT2D eigenvalue weighted by Crippen LogP contribution is 2.13. The van der Waals surface area contributed by atoms with Gasteiger partial charge in [0.05, 0.1) is 0 Å². The Morgan fingerprint density at radius 3 is 2.76 bits per heavy atom. The highest BCUT2D eigenvalue weighted by molar-refractivity contribution is 6.30. The third kappa shape index (κ3) is 4.65. The predicted molar refractivity (Wildman–Crippen MR) is 80.5 cm³/mol. The third-order valence-electron chi connectivity index (χ3n) is 2.72. The Kier molecular flexibility index (Phi) is 5.00. The van der Waals surface area contributed by atoms with E-state index in [1.54, 1.807) is 6.07 Å². The molecule has 2 rings (SSSR count). The molecule has 0 bridgehead atoms. The molecular formula is C15H15ClN2O3. The molecule has 2 aromatic rings. The van der Waals surface area contributed by atoms with Gasteiger partial charge < -0.3 is 9.73 Å². The number of furan rings is 1. The molecule has 0 atom stereocenters. The number of benzene rings is 1. The maximum Gasteiger partial charge on any atom is 0.287 e. The van der Waals surface area contributed by atoms with Gasteiger partial charge >= 0.3 is 0 Å². The Balaban J connectivity index is 1.84. The summed E-state index contributed by atoms with van der Waals surface area (Å²) >= 11 is 5.89. The van der Waals surface area contributed by atoms with Crippen molar-refractivity contribution in [2.45, 2.75) is 13.3 Å². The maximum absolute atomic E-state index is 11.9. The van der Waals surface area contributed by atoms with E-state index < -0.39 is 0 Å². The van der Waals surface area contributed by atoms with E-state index in [2.05, 4.69) is 10.6 Å². The van der Waals surface area contributed by atoms with Crippen LogP contribution in [0.1, 0.15) is 23.0 Å². The number of rotatable bonds is 5. The van der Waals surface area contributed by atoms with E-state index in [9.17, 15) is 9.59 Å². The lowest BCUT2D eigenvalue weighted by Crippen LogP contribution is -2.25. The number of carbonyl (C=O) groups is 2. The van der Waals surface area contributed by atoms with Gasteiger partial charge in [0.1, 0.15) is 0 Å². The van der Waals surface area contributed by atoms with Crippen molar-refractivity contribution in [2.24, 2.45) is 0 Å². The molecule has 110 valence electrons. The summed E-state index contributed by atoms with van der Waals surface area (Å²) in [6, 6.07) is 10.5. The first-order valence-electron chi connectivity index (χ1n) is 6.44. The van der Waals surface area contributed by atoms with Crippen molar-refractivity contribution in [3.8, 4) is 0 Å². The fourth-order valence-electron chi connectivity index (χ4n) is 1.80. The fraction of sp³-hybridized carbons (Fsp3) is 0.200. The largest absolute Gasteiger partial charge is 0.435 e. The van der Waals surface area contributed by atoms with E-state index in [1.807, 2.05) is 18.2 Å². The van der Waals surface area contributed by atoms with E-state index in [-0.39, 0.29) is 23.5 Å². The summed E-state index contributed by atoms with van der Waals surface area (Å²) < 4.78 is 5.21. The van der Waals surface area contributed by atoms with E-state index in [0.29, 0.717) is 18.0 Å². The summed E-state index contributed by atoms with van der Waals surface area (Å²) in [5, 5.41) is 5.88. The van der Waals surface area contributed by atoms with Crippen molar-refractivity contribution < 1.29 is 14.0 Å². The van der Waals surface area contributed by atoms with Gasteiger partial charge in [0.25, 0.3) is 5.91 Å². The van der Waals surface area contributed by atoms with Crippen LogP contribution in [-0.4, -0.2) is 18.4 Å². The highest BCUT2D eigenvalue weighted by Gasteiger charge is 2.11. The molecule has 1 aromatic heterocycles. The van der Waals surface area contributed by atoms with Crippen LogP contribution in [0, 0.1) is 0 Å². The molecule has 0 spiro atoms. The zero-order chi connectivity index (χ0) is 15.2. The van der Waals surface area contributed by atoms with Crippen LogP contribution >= 0.6 is 11.6 Å². The minimum absolute atomic E-state index is 0.157. The molecule has 0 saturated heterocycles. The van der Waals surface area contributed by atoms with Gasteiger partial charge in [-0.05, 0) is 30.2 Å². The molecule has 0 aliphatic heterocycles. The average molecular weight is 307 g/mol. The van der Waals surface area contributed by atoms with Crippen LogP contribution in [0.5, 0.6) is 0 Å². The second-order valence-electron chi connectivity index (χ2n) is 4.48. The van der Waals surface area contributed by atoms with Crippen LogP contribution in [-0.2, 0) is 11.2 Å². The molecular weight excluding hydrogens is 292 g/mol. The van der Waals surface area contributed by atoms with E-state index in [0.717, 1.165) is 5.56 Å². The molecule has 2 amide bonds. The second-order valence-corrected chi connectivity index (χ2v) is 4.92. The lowest BCUT2D eigenvalue weighted by Gasteiger charge is -2.04. The lowest BCUT2D eigenvalue weighted by molar-refractivity contribution is -0.114. The SMILES string of the molecule is CC(=O)Nc1ccc(C(=O)NCCc2cccc(Cl)c2)o1. The molecule has 5 nitrogen and oxygen atoms in total. The molecule has 0 radical (unpaired) electrons. The summed E-state index contributed by atoms with van der Waals surface area (Å²) in [6.07, 6.45) is 0.672. The van der Waals surface area contributed by atoms with Crippen molar-refractivity contribution in [2.75, 3.05) is 11.9 Å². The summed E-state index contributed by atoms with van der Waals surface area (Å²) in [7, 11) is 0. The minimum atomic E-state index is -0.325. The molecule has 1 aromatic carbocycles. The molecule has 2 N–H and O–H groups in total. The summed E-state index contributed by atoms with van der Waals surface area (Å²) in [5.41, 5.74) is 1.04. The number of anilines is 1. The van der Waals surface area contributed by atoms with Gasteiger partial charge in [-0.1, -0.05) is 23.7 Å². The number of amides is 2. The van der Waals surface area contributed by atoms with Gasteiger partial charge in [-0.25, -0.2) is 0 Å². The molecule has 0 aliphatic rings. The Hall–Kier alpha value is -2.27. The van der Waals surface area contributed by atoms with Gasteiger partial charge in [0.15, 0.2) is 11.6 Å². The van der Waals surface area contributed by atoms with Crippen LogP contribution in [0.4, 0.5) is 5.88 Å². The van der Waals surface area contributed by atoms with E-state index >= 15 is 0 Å². The van der Waals surface area contributed by atoms with Crippen molar-refractivity contribution >= 4 is 29.3 Å². The highest BCUT2D eigenvalue weighted by atomic mass is 35.5. The second kappa shape index (κ2) is 6.95. The predicted octanol–water partition coefficient (Wildman–Crippen LogP) is 2.86. The van der Waals surface area contributed by atoms with Crippen molar-refractivity contribution in [1.29, 1.82) is 0 Å². The number of nitrogens with one attached hydrogen (secondary N) is 2. The lowest BCUT2D eigenvalue weighted by atomic mass is 10.1. The van der Waals surface area contributed by atoms with Crippen LogP contribution in [0.2, 0.25) is 5.02 Å². The van der Waals surface area contributed by atoms with Crippen LogP contribution in [0.25, 0.3) is 0 Å². The molecule has 0 fully saturated rings. The zero-order valence-electron chi connectivity index (χ0n) is 11.5. The number of carbonyl (C=O) groups excluding carboxylic acids is 2. The normalized spacial score (nSPS) is 10.2. The van der Waals surface area contributed by atoms with Crippen LogP contribution in [0.15, 0.2) is 40.8 Å². The first-order chi connectivity index (χ1) is 10.0. The molecule has 0 aliphatic carbocycles. The van der Waals surface area contributed by atoms with Gasteiger partial charge in [-0.3, -0.25) is 14.9 Å². The van der Waals surface area contributed by atoms with Gasteiger partial charge in [0.2, 0.25) is 5.91 Å². The third-order valence-corrected chi connectivity index (χ3v) is 2.95. The fourth-order valence-corrected chi connectivity index (χ4v) is 2.01. The Morgan fingerprint density at radius 1 is 1.24 bits per heavy atom. The first-order valence-corrected chi connectivity index (χ1v) is 6.82. The Bertz CT molecular complexity index is 652. The molecule has 0 saturated carbocycles. The first kappa shape index (κ1) is 15.1. The van der Waals surface area contributed by atoms with E-state index in [1.165, 1.54) is 19.1 Å². The smallest absolute Gasteiger partial charge is 0.287 e. The number of halogens is 1. The van der Waals surface area contributed by atoms with Crippen molar-refractivity contribution in [3.63, 3.8) is 0 Å². The number of hydrogen-bond donors (Lipinski definition) is 2. The Morgan fingerprint density at radius 2 is 2.05 bits per heavy atom. The monoisotopic (exact) mass is 306 g/mol. The summed E-state index contributed by atoms with van der Waals surface area (Å²) in [4.78, 5) is 22.7. The van der Waals surface area contributed by atoms with Crippen LogP contribution in [0.3, 0.4) is 0 Å². The van der Waals surface area contributed by atoms with Gasteiger partial charge in [-0.2, -0.15) is 0 Å². The standard InChI is InChI=1S/C15H15ClN2O3/c1-10(19)18-14-6-5-13(21-14)15(20)17-8-7-11-3-2-4-12(16)9-11/h2-6,9H,7-8H2,1H3,(H,17,20)(H,18,19). The topological polar surface area (TPSA) is 71.3 Å². The Labute approximate surface area is 127 Å². The van der Waals surface area contributed by atoms with Crippen molar-refractivity contribution in [3.05, 3.63) is 52.7 Å². The number of hydrogen-bond acceptors (Lipinski definition) is 3. The van der Waals surface area contributed by atoms with Gasteiger partial charge in [-0.15, -0.1) is 0 Å². The maximum atomic E-state index is 11.9. The average Bonchev–Trinajstić information content (AvgIpc) is 2.86.